The topological polar surface area (TPSA) is 88.7 Å². The average molecular weight is 392 g/mol. The third-order valence-corrected chi connectivity index (χ3v) is 5.66. The van der Waals surface area contributed by atoms with Gasteiger partial charge in [-0.3, -0.25) is 9.59 Å². The van der Waals surface area contributed by atoms with Crippen LogP contribution in [-0.2, 0) is 14.3 Å². The number of rotatable bonds is 9. The molecule has 1 aromatic rings. The van der Waals surface area contributed by atoms with Gasteiger partial charge in [0.05, 0.1) is 13.2 Å². The molecule has 7 heteroatoms. The summed E-state index contributed by atoms with van der Waals surface area (Å²) in [5.74, 6) is -0.623. The number of aromatic nitrogens is 1. The number of hydrogen-bond donors (Lipinski definition) is 1. The van der Waals surface area contributed by atoms with Crippen LogP contribution in [0.3, 0.4) is 0 Å². The van der Waals surface area contributed by atoms with E-state index in [2.05, 4.69) is 4.98 Å². The minimum atomic E-state index is -0.608. The maximum Gasteiger partial charge on any atom is 0.354 e. The zero-order valence-corrected chi connectivity index (χ0v) is 17.6. The van der Waals surface area contributed by atoms with Crippen molar-refractivity contribution in [2.24, 2.45) is 5.92 Å². The molecule has 1 heterocycles. The highest BCUT2D eigenvalue weighted by Gasteiger charge is 2.34. The summed E-state index contributed by atoms with van der Waals surface area (Å²) in [5, 5.41) is 0. The Morgan fingerprint density at radius 3 is 2.39 bits per heavy atom. The summed E-state index contributed by atoms with van der Waals surface area (Å²) in [6.07, 6.45) is 4.56. The maximum atomic E-state index is 13.3. The van der Waals surface area contributed by atoms with Crippen LogP contribution in [0, 0.1) is 19.8 Å². The fourth-order valence-corrected chi connectivity index (χ4v) is 4.06. The van der Waals surface area contributed by atoms with Crippen molar-refractivity contribution in [3.8, 4) is 0 Å². The molecule has 0 saturated heterocycles. The Morgan fingerprint density at radius 2 is 1.82 bits per heavy atom. The number of Topliss-reactive ketones (excluding diaryl/α,β-unsaturated/α-hetero) is 1. The lowest BCUT2D eigenvalue weighted by Crippen LogP contribution is -2.46. The van der Waals surface area contributed by atoms with Gasteiger partial charge in [-0.2, -0.15) is 0 Å². The van der Waals surface area contributed by atoms with Crippen molar-refractivity contribution >= 4 is 17.7 Å². The van der Waals surface area contributed by atoms with Crippen LogP contribution in [0.5, 0.6) is 0 Å². The normalized spacial score (nSPS) is 15.5. The molecule has 28 heavy (non-hydrogen) atoms. The number of aryl methyl sites for hydroxylation is 1. The molecule has 156 valence electrons. The van der Waals surface area contributed by atoms with Gasteiger partial charge >= 0.3 is 5.97 Å². The number of H-pyrrole nitrogens is 1. The Bertz CT molecular complexity index is 719. The molecule has 1 fully saturated rings. The smallest absolute Gasteiger partial charge is 0.354 e. The lowest BCUT2D eigenvalue weighted by atomic mass is 9.98. The molecule has 1 atom stereocenters. The van der Waals surface area contributed by atoms with Crippen LogP contribution >= 0.6 is 0 Å². The average Bonchev–Trinajstić information content (AvgIpc) is 3.31. The summed E-state index contributed by atoms with van der Waals surface area (Å²) in [5.41, 5.74) is 1.92. The van der Waals surface area contributed by atoms with Crippen LogP contribution in [-0.4, -0.2) is 61.0 Å². The van der Waals surface area contributed by atoms with E-state index >= 15 is 0 Å². The van der Waals surface area contributed by atoms with E-state index in [1.165, 1.54) is 7.11 Å². The van der Waals surface area contributed by atoms with E-state index in [1.54, 1.807) is 32.8 Å². The van der Waals surface area contributed by atoms with Gasteiger partial charge in [0.2, 0.25) is 5.91 Å². The molecule has 2 rings (SSSR count). The minimum absolute atomic E-state index is 0.00292. The van der Waals surface area contributed by atoms with E-state index in [1.807, 2.05) is 0 Å². The second-order valence-corrected chi connectivity index (χ2v) is 7.52. The summed E-state index contributed by atoms with van der Waals surface area (Å²) >= 11 is 0. The van der Waals surface area contributed by atoms with Crippen molar-refractivity contribution in [1.82, 2.24) is 9.88 Å². The number of ether oxygens (including phenoxy) is 2. The van der Waals surface area contributed by atoms with Crippen molar-refractivity contribution in [2.45, 2.75) is 58.9 Å². The second kappa shape index (κ2) is 9.87. The van der Waals surface area contributed by atoms with Gasteiger partial charge in [-0.05, 0) is 45.6 Å². The van der Waals surface area contributed by atoms with Crippen LogP contribution < -0.4 is 0 Å². The maximum absolute atomic E-state index is 13.3. The minimum Gasteiger partial charge on any atom is -0.464 e. The van der Waals surface area contributed by atoms with Crippen LogP contribution in [0.25, 0.3) is 0 Å². The van der Waals surface area contributed by atoms with Gasteiger partial charge in [0.25, 0.3) is 0 Å². The van der Waals surface area contributed by atoms with Crippen LogP contribution in [0.15, 0.2) is 0 Å². The quantitative estimate of drug-likeness (QED) is 0.396. The predicted octanol–water partition coefficient (Wildman–Crippen LogP) is 3.04. The van der Waals surface area contributed by atoms with Crippen LogP contribution in [0.2, 0.25) is 0 Å². The third kappa shape index (κ3) is 4.63. The number of aromatic amines is 1. The van der Waals surface area contributed by atoms with Crippen molar-refractivity contribution in [2.75, 3.05) is 27.4 Å². The monoisotopic (exact) mass is 392 g/mol. The number of carbonyl (C=O) groups excluding carboxylic acids is 3. The number of nitrogens with one attached hydrogen (secondary N) is 1. The summed E-state index contributed by atoms with van der Waals surface area (Å²) in [6.45, 7) is 6.26. The highest BCUT2D eigenvalue weighted by Crippen LogP contribution is 2.28. The molecule has 1 amide bonds. The molecule has 1 aliphatic carbocycles. The zero-order chi connectivity index (χ0) is 20.8. The number of nitrogens with zero attached hydrogens (tertiary/aromatic N) is 1. The van der Waals surface area contributed by atoms with Crippen molar-refractivity contribution in [3.05, 3.63) is 22.5 Å². The zero-order valence-electron chi connectivity index (χ0n) is 17.6. The molecule has 0 bridgehead atoms. The summed E-state index contributed by atoms with van der Waals surface area (Å²) < 4.78 is 9.91. The van der Waals surface area contributed by atoms with E-state index < -0.39 is 12.0 Å². The van der Waals surface area contributed by atoms with Crippen molar-refractivity contribution < 1.29 is 23.9 Å². The Hall–Kier alpha value is -2.15. The van der Waals surface area contributed by atoms with Gasteiger partial charge in [-0.25, -0.2) is 4.79 Å². The molecular weight excluding hydrogens is 360 g/mol. The SMILES string of the molecule is COCCCN(C(=O)C1CCCC1)C(C)C(=O)c1c(C)[nH]c(C(=O)OC)c1C. The lowest BCUT2D eigenvalue weighted by Gasteiger charge is -2.31. The molecular formula is C21H32N2O5. The lowest BCUT2D eigenvalue weighted by molar-refractivity contribution is -0.136. The number of hydrogen-bond acceptors (Lipinski definition) is 5. The fraction of sp³-hybridized carbons (Fsp3) is 0.667. The first-order valence-corrected chi connectivity index (χ1v) is 9.94. The summed E-state index contributed by atoms with van der Waals surface area (Å²) in [6, 6.07) is -0.608. The van der Waals surface area contributed by atoms with E-state index in [-0.39, 0.29) is 23.3 Å². The highest BCUT2D eigenvalue weighted by atomic mass is 16.5. The van der Waals surface area contributed by atoms with Gasteiger partial charge in [-0.1, -0.05) is 12.8 Å². The van der Waals surface area contributed by atoms with E-state index in [0.29, 0.717) is 36.4 Å². The molecule has 7 nitrogen and oxygen atoms in total. The molecule has 0 spiro atoms. The van der Waals surface area contributed by atoms with Gasteiger partial charge in [0.1, 0.15) is 5.69 Å². The molecule has 1 aliphatic rings. The number of methoxy groups -OCH3 is 2. The first-order chi connectivity index (χ1) is 13.3. The first-order valence-electron chi connectivity index (χ1n) is 9.94. The first kappa shape index (κ1) is 22.1. The Balaban J connectivity index is 2.28. The molecule has 1 aromatic heterocycles. The Kier molecular flexibility index (Phi) is 7.80. The number of amides is 1. The third-order valence-electron chi connectivity index (χ3n) is 5.66. The molecule has 1 N–H and O–H groups in total. The number of carbonyl (C=O) groups is 3. The van der Waals surface area contributed by atoms with E-state index in [0.717, 1.165) is 25.7 Å². The molecule has 1 saturated carbocycles. The van der Waals surface area contributed by atoms with Crippen LogP contribution in [0.4, 0.5) is 0 Å². The van der Waals surface area contributed by atoms with Gasteiger partial charge in [0, 0.05) is 37.4 Å². The predicted molar refractivity (Wildman–Crippen MR) is 106 cm³/mol. The van der Waals surface area contributed by atoms with Gasteiger partial charge in [-0.15, -0.1) is 0 Å². The number of ketones is 1. The fourth-order valence-electron chi connectivity index (χ4n) is 4.06. The molecule has 0 radical (unpaired) electrons. The van der Waals surface area contributed by atoms with Gasteiger partial charge < -0.3 is 19.4 Å². The second-order valence-electron chi connectivity index (χ2n) is 7.52. The van der Waals surface area contributed by atoms with E-state index in [4.69, 9.17) is 9.47 Å². The van der Waals surface area contributed by atoms with Crippen LogP contribution in [0.1, 0.15) is 71.1 Å². The number of esters is 1. The Morgan fingerprint density at radius 1 is 1.18 bits per heavy atom. The standard InChI is InChI=1S/C21H32N2O5/c1-13-17(14(2)22-18(13)21(26)28-5)19(24)15(3)23(11-8-12-27-4)20(25)16-9-6-7-10-16/h15-16,22H,6-12H2,1-5H3. The Labute approximate surface area is 166 Å². The van der Waals surface area contributed by atoms with Crippen molar-refractivity contribution in [3.63, 3.8) is 0 Å². The summed E-state index contributed by atoms with van der Waals surface area (Å²) in [7, 11) is 2.93. The molecule has 0 aromatic carbocycles. The summed E-state index contributed by atoms with van der Waals surface area (Å²) in [4.78, 5) is 43.0. The van der Waals surface area contributed by atoms with E-state index in [9.17, 15) is 14.4 Å². The largest absolute Gasteiger partial charge is 0.464 e. The molecule has 0 aliphatic heterocycles. The van der Waals surface area contributed by atoms with Gasteiger partial charge in [0.15, 0.2) is 5.78 Å². The highest BCUT2D eigenvalue weighted by molar-refractivity contribution is 6.06. The molecule has 1 unspecified atom stereocenters. The van der Waals surface area contributed by atoms with Crippen molar-refractivity contribution in [1.29, 1.82) is 0 Å².